The molecule has 2 aliphatic rings. The molecule has 0 radical (unpaired) electrons. The third-order valence-corrected chi connectivity index (χ3v) is 4.80. The summed E-state index contributed by atoms with van der Waals surface area (Å²) < 4.78 is 0. The zero-order chi connectivity index (χ0) is 12.0. The van der Waals surface area contributed by atoms with Gasteiger partial charge in [-0.15, -0.1) is 0 Å². The minimum atomic E-state index is -0.290. The zero-order valence-corrected chi connectivity index (χ0v) is 10.4. The van der Waals surface area contributed by atoms with Gasteiger partial charge in [-0.2, -0.15) is 4.79 Å². The number of ketones is 1. The summed E-state index contributed by atoms with van der Waals surface area (Å²) in [5, 5.41) is 0. The van der Waals surface area contributed by atoms with E-state index in [9.17, 15) is 4.79 Å². The van der Waals surface area contributed by atoms with Crippen LogP contribution in [-0.2, 0) is 4.79 Å². The van der Waals surface area contributed by atoms with Gasteiger partial charge >= 0.3 is 5.71 Å². The Bertz CT molecular complexity index is 379. The highest BCUT2D eigenvalue weighted by atomic mass is 16.1. The second-order valence-corrected chi connectivity index (χ2v) is 6.23. The highest BCUT2D eigenvalue weighted by Crippen LogP contribution is 2.55. The summed E-state index contributed by atoms with van der Waals surface area (Å²) in [5.41, 5.74) is 9.20. The lowest BCUT2D eigenvalue weighted by atomic mass is 9.51. The van der Waals surface area contributed by atoms with Gasteiger partial charge in [-0.1, -0.05) is 27.2 Å². The lowest BCUT2D eigenvalue weighted by Gasteiger charge is -2.51. The summed E-state index contributed by atoms with van der Waals surface area (Å²) in [6.45, 7) is 6.60. The highest BCUT2D eigenvalue weighted by Gasteiger charge is 2.56. The van der Waals surface area contributed by atoms with E-state index in [4.69, 9.17) is 5.53 Å². The van der Waals surface area contributed by atoms with Gasteiger partial charge in [-0.3, -0.25) is 4.79 Å². The van der Waals surface area contributed by atoms with Crippen molar-refractivity contribution in [3.63, 3.8) is 0 Å². The highest BCUT2D eigenvalue weighted by molar-refractivity contribution is 6.40. The molecule has 3 nitrogen and oxygen atoms in total. The molecule has 88 valence electrons. The van der Waals surface area contributed by atoms with Crippen molar-refractivity contribution in [3.05, 3.63) is 5.53 Å². The van der Waals surface area contributed by atoms with Crippen molar-refractivity contribution in [1.82, 2.24) is 0 Å². The predicted molar refractivity (Wildman–Crippen MR) is 62.1 cm³/mol. The van der Waals surface area contributed by atoms with Crippen LogP contribution >= 0.6 is 0 Å². The van der Waals surface area contributed by atoms with Gasteiger partial charge in [0.2, 0.25) is 5.78 Å². The van der Waals surface area contributed by atoms with Gasteiger partial charge in [0.05, 0.1) is 6.42 Å². The lowest BCUT2D eigenvalue weighted by Crippen LogP contribution is -2.52. The molecule has 2 saturated carbocycles. The summed E-state index contributed by atoms with van der Waals surface area (Å²) in [7, 11) is 0. The number of carbonyl (C=O) groups is 1. The molecule has 0 aliphatic heterocycles. The fourth-order valence-corrected chi connectivity index (χ4v) is 3.92. The Morgan fingerprint density at radius 3 is 2.62 bits per heavy atom. The molecule has 2 rings (SSSR count). The quantitative estimate of drug-likeness (QED) is 0.457. The third-order valence-electron chi connectivity index (χ3n) is 4.80. The van der Waals surface area contributed by atoms with Gasteiger partial charge in [-0.25, -0.2) is 0 Å². The second-order valence-electron chi connectivity index (χ2n) is 6.23. The van der Waals surface area contributed by atoms with Crippen molar-refractivity contribution in [3.8, 4) is 0 Å². The Morgan fingerprint density at radius 1 is 1.31 bits per heavy atom. The summed E-state index contributed by atoms with van der Waals surface area (Å²) in [5.74, 6) is 0.519. The van der Waals surface area contributed by atoms with Crippen LogP contribution in [0.2, 0.25) is 0 Å². The number of rotatable bonds is 0. The minimum absolute atomic E-state index is 0.0824. The number of hydrogen-bond donors (Lipinski definition) is 0. The number of Topliss-reactive ketones (excluding diaryl/α,β-unsaturated/α-hetero) is 1. The first-order chi connectivity index (χ1) is 7.42. The maximum Gasteiger partial charge on any atom is 0.335 e. The molecule has 0 aromatic heterocycles. The molecule has 2 atom stereocenters. The first-order valence-corrected chi connectivity index (χ1v) is 6.17. The van der Waals surface area contributed by atoms with E-state index in [0.29, 0.717) is 18.1 Å². The Kier molecular flexibility index (Phi) is 2.54. The van der Waals surface area contributed by atoms with Crippen molar-refractivity contribution in [1.29, 1.82) is 0 Å². The zero-order valence-electron chi connectivity index (χ0n) is 10.4. The standard InChI is InChI=1S/C13H20N2O/c1-12(2)7-4-8-13(3)10(12)6-5-9(15-14)11(13)16/h10H,4-8H2,1-3H3/t10-,13-/m0/s1. The molecule has 0 spiro atoms. The minimum Gasteiger partial charge on any atom is -0.361 e. The molecule has 0 bridgehead atoms. The van der Waals surface area contributed by atoms with Gasteiger partial charge < -0.3 is 5.53 Å². The Hall–Kier alpha value is -0.950. The largest absolute Gasteiger partial charge is 0.361 e. The van der Waals surface area contributed by atoms with Crippen LogP contribution in [0.25, 0.3) is 5.53 Å². The summed E-state index contributed by atoms with van der Waals surface area (Å²) >= 11 is 0. The Morgan fingerprint density at radius 2 is 2.00 bits per heavy atom. The molecular formula is C13H20N2O. The van der Waals surface area contributed by atoms with Crippen molar-refractivity contribution < 1.29 is 9.58 Å². The van der Waals surface area contributed by atoms with Crippen LogP contribution in [0.1, 0.15) is 52.9 Å². The molecule has 0 unspecified atom stereocenters. The molecule has 0 saturated heterocycles. The summed E-state index contributed by atoms with van der Waals surface area (Å²) in [4.78, 5) is 15.5. The number of fused-ring (bicyclic) bond motifs is 1. The Balaban J connectivity index is 2.41. The fraction of sp³-hybridized carbons (Fsp3) is 0.846. The number of nitrogens with zero attached hydrogens (tertiary/aromatic N) is 2. The maximum absolute atomic E-state index is 12.3. The molecule has 2 fully saturated rings. The molecule has 2 aliphatic carbocycles. The van der Waals surface area contributed by atoms with Crippen molar-refractivity contribution in [2.75, 3.05) is 0 Å². The first-order valence-electron chi connectivity index (χ1n) is 6.17. The van der Waals surface area contributed by atoms with E-state index >= 15 is 0 Å². The van der Waals surface area contributed by atoms with Gasteiger partial charge in [0.15, 0.2) is 0 Å². The molecule has 0 aromatic carbocycles. The molecule has 3 heteroatoms. The molecule has 0 heterocycles. The molecule has 0 N–H and O–H groups in total. The van der Waals surface area contributed by atoms with Gasteiger partial charge in [0, 0.05) is 5.41 Å². The Labute approximate surface area is 96.9 Å². The maximum atomic E-state index is 12.3. The smallest absolute Gasteiger partial charge is 0.335 e. The predicted octanol–water partition coefficient (Wildman–Crippen LogP) is 2.85. The van der Waals surface area contributed by atoms with E-state index in [-0.39, 0.29) is 16.6 Å². The van der Waals surface area contributed by atoms with Gasteiger partial charge in [0.1, 0.15) is 0 Å². The fourth-order valence-electron chi connectivity index (χ4n) is 3.92. The topological polar surface area (TPSA) is 53.5 Å². The van der Waals surface area contributed by atoms with Crippen molar-refractivity contribution in [2.45, 2.75) is 52.9 Å². The van der Waals surface area contributed by atoms with Crippen LogP contribution in [0.3, 0.4) is 0 Å². The van der Waals surface area contributed by atoms with Gasteiger partial charge in [-0.05, 0) is 30.6 Å². The van der Waals surface area contributed by atoms with Crippen molar-refractivity contribution in [2.24, 2.45) is 16.7 Å². The summed E-state index contributed by atoms with van der Waals surface area (Å²) in [6.07, 6.45) is 4.86. The molecule has 0 amide bonds. The van der Waals surface area contributed by atoms with E-state index in [0.717, 1.165) is 19.3 Å². The van der Waals surface area contributed by atoms with Crippen LogP contribution in [0.15, 0.2) is 0 Å². The van der Waals surface area contributed by atoms with Gasteiger partial charge in [0.25, 0.3) is 0 Å². The average Bonchev–Trinajstić information content (AvgIpc) is 2.20. The molecule has 16 heavy (non-hydrogen) atoms. The lowest BCUT2D eigenvalue weighted by molar-refractivity contribution is -0.139. The van der Waals surface area contributed by atoms with E-state index in [1.807, 2.05) is 0 Å². The van der Waals surface area contributed by atoms with Crippen LogP contribution in [0.4, 0.5) is 0 Å². The van der Waals surface area contributed by atoms with E-state index in [1.54, 1.807) is 0 Å². The van der Waals surface area contributed by atoms with E-state index < -0.39 is 0 Å². The SMILES string of the molecule is CC1(C)CCC[C@]2(C)C(=O)C(=[N+]=[N-])CC[C@@H]12. The van der Waals surface area contributed by atoms with Crippen LogP contribution in [0.5, 0.6) is 0 Å². The van der Waals surface area contributed by atoms with Crippen LogP contribution in [-0.4, -0.2) is 16.3 Å². The third kappa shape index (κ3) is 1.46. The number of hydrogen-bond acceptors (Lipinski definition) is 1. The van der Waals surface area contributed by atoms with Crippen LogP contribution < -0.4 is 0 Å². The first kappa shape index (κ1) is 11.5. The average molecular weight is 220 g/mol. The summed E-state index contributed by atoms with van der Waals surface area (Å²) in [6, 6.07) is 0. The van der Waals surface area contributed by atoms with E-state index in [1.165, 1.54) is 6.42 Å². The van der Waals surface area contributed by atoms with Crippen LogP contribution in [0, 0.1) is 16.7 Å². The van der Waals surface area contributed by atoms with Crippen molar-refractivity contribution >= 4 is 11.5 Å². The second kappa shape index (κ2) is 3.53. The number of carbonyl (C=O) groups excluding carboxylic acids is 1. The molecular weight excluding hydrogens is 200 g/mol. The normalized spacial score (nSPS) is 37.8. The molecule has 0 aromatic rings. The monoisotopic (exact) mass is 220 g/mol. The van der Waals surface area contributed by atoms with E-state index in [2.05, 4.69) is 25.6 Å².